The number of piperidine rings is 1. The molecule has 0 aliphatic carbocycles. The second-order valence-corrected chi connectivity index (χ2v) is 7.29. The maximum absolute atomic E-state index is 13.2. The molecule has 2 saturated heterocycles. The predicted molar refractivity (Wildman–Crippen MR) is 87.4 cm³/mol. The Labute approximate surface area is 145 Å². The van der Waals surface area contributed by atoms with Gasteiger partial charge in [0.1, 0.15) is 11.2 Å². The number of likely N-dealkylation sites (tertiary alicyclic amines) is 2. The maximum Gasteiger partial charge on any atom is 0.313 e. The lowest BCUT2D eigenvalue weighted by Crippen LogP contribution is -2.52. The third-order valence-electron chi connectivity index (χ3n) is 5.22. The first-order valence-electron chi connectivity index (χ1n) is 7.95. The van der Waals surface area contributed by atoms with E-state index in [4.69, 9.17) is 11.6 Å². The van der Waals surface area contributed by atoms with Gasteiger partial charge in [-0.15, -0.1) is 0 Å². The van der Waals surface area contributed by atoms with E-state index < -0.39 is 17.2 Å². The smallest absolute Gasteiger partial charge is 0.313 e. The molecule has 0 bridgehead atoms. The molecular formula is C17H20ClFN2O3. The summed E-state index contributed by atoms with van der Waals surface area (Å²) in [6.45, 7) is 1.99. The van der Waals surface area contributed by atoms with Gasteiger partial charge >= 0.3 is 5.97 Å². The Balaban J connectivity index is 1.75. The van der Waals surface area contributed by atoms with Crippen molar-refractivity contribution in [2.45, 2.75) is 12.8 Å². The molecule has 24 heavy (non-hydrogen) atoms. The van der Waals surface area contributed by atoms with Gasteiger partial charge in [0.15, 0.2) is 0 Å². The van der Waals surface area contributed by atoms with Crippen molar-refractivity contribution in [2.24, 2.45) is 11.3 Å². The Morgan fingerprint density at radius 1 is 1.42 bits per heavy atom. The fraction of sp³-hybridized carbons (Fsp3) is 0.529. The summed E-state index contributed by atoms with van der Waals surface area (Å²) in [5, 5.41) is 9.73. The number of carboxylic acid groups (broad SMARTS) is 1. The van der Waals surface area contributed by atoms with Gasteiger partial charge in [-0.3, -0.25) is 9.59 Å². The summed E-state index contributed by atoms with van der Waals surface area (Å²) in [6, 6.07) is 4.21. The Morgan fingerprint density at radius 2 is 2.17 bits per heavy atom. The van der Waals surface area contributed by atoms with Crippen molar-refractivity contribution in [3.05, 3.63) is 34.6 Å². The third kappa shape index (κ3) is 3.00. The van der Waals surface area contributed by atoms with Crippen LogP contribution in [0.1, 0.15) is 12.0 Å². The van der Waals surface area contributed by atoms with E-state index in [-0.39, 0.29) is 29.8 Å². The van der Waals surface area contributed by atoms with Crippen molar-refractivity contribution in [2.75, 3.05) is 33.2 Å². The van der Waals surface area contributed by atoms with Crippen molar-refractivity contribution < 1.29 is 19.1 Å². The van der Waals surface area contributed by atoms with Gasteiger partial charge in [-0.25, -0.2) is 4.39 Å². The molecule has 0 radical (unpaired) electrons. The lowest BCUT2D eigenvalue weighted by atomic mass is 9.73. The van der Waals surface area contributed by atoms with Crippen LogP contribution in [0.3, 0.4) is 0 Å². The summed E-state index contributed by atoms with van der Waals surface area (Å²) in [7, 11) is 1.91. The molecule has 0 spiro atoms. The first kappa shape index (κ1) is 17.2. The van der Waals surface area contributed by atoms with Crippen molar-refractivity contribution in [3.63, 3.8) is 0 Å². The number of halogens is 2. The molecule has 1 amide bonds. The van der Waals surface area contributed by atoms with Crippen LogP contribution in [0, 0.1) is 17.2 Å². The molecule has 130 valence electrons. The molecule has 0 aromatic heterocycles. The highest BCUT2D eigenvalue weighted by Crippen LogP contribution is 2.42. The van der Waals surface area contributed by atoms with Crippen molar-refractivity contribution in [3.8, 4) is 0 Å². The summed E-state index contributed by atoms with van der Waals surface area (Å²) >= 11 is 5.75. The average Bonchev–Trinajstić information content (AvgIpc) is 2.91. The maximum atomic E-state index is 13.2. The Bertz CT molecular complexity index is 684. The third-order valence-corrected chi connectivity index (χ3v) is 5.51. The molecule has 5 nitrogen and oxygen atoms in total. The van der Waals surface area contributed by atoms with Gasteiger partial charge in [0, 0.05) is 19.6 Å². The molecule has 0 saturated carbocycles. The van der Waals surface area contributed by atoms with Gasteiger partial charge in [0.25, 0.3) is 0 Å². The number of carbonyl (C=O) groups is 2. The lowest BCUT2D eigenvalue weighted by Gasteiger charge is -2.39. The van der Waals surface area contributed by atoms with Crippen LogP contribution in [0.4, 0.5) is 4.39 Å². The van der Waals surface area contributed by atoms with E-state index in [1.165, 1.54) is 18.2 Å². The minimum absolute atomic E-state index is 0.0148. The van der Waals surface area contributed by atoms with E-state index in [9.17, 15) is 19.1 Å². The highest BCUT2D eigenvalue weighted by molar-refractivity contribution is 6.30. The number of carboxylic acids is 1. The van der Waals surface area contributed by atoms with E-state index in [0.29, 0.717) is 18.7 Å². The molecule has 1 N–H and O–H groups in total. The van der Waals surface area contributed by atoms with Crippen LogP contribution in [0.25, 0.3) is 0 Å². The first-order chi connectivity index (χ1) is 11.3. The number of amides is 1. The van der Waals surface area contributed by atoms with Crippen LogP contribution in [0.2, 0.25) is 5.02 Å². The summed E-state index contributed by atoms with van der Waals surface area (Å²) < 4.78 is 13.2. The summed E-state index contributed by atoms with van der Waals surface area (Å²) in [6.07, 6.45) is 0.868. The SMILES string of the molecule is CN1CC[C@H]2CN(C(=O)Cc3ccc(F)c(Cl)c3)C[C@@]2(C(=O)O)C1. The number of benzene rings is 1. The molecule has 7 heteroatoms. The highest BCUT2D eigenvalue weighted by atomic mass is 35.5. The van der Waals surface area contributed by atoms with Gasteiger partial charge in [0.2, 0.25) is 5.91 Å². The average molecular weight is 355 g/mol. The van der Waals surface area contributed by atoms with Crippen LogP contribution < -0.4 is 0 Å². The van der Waals surface area contributed by atoms with E-state index >= 15 is 0 Å². The fourth-order valence-electron chi connectivity index (χ4n) is 3.89. The number of fused-ring (bicyclic) bond motifs is 1. The van der Waals surface area contributed by atoms with Crippen LogP contribution in [-0.4, -0.2) is 60.0 Å². The normalized spacial score (nSPS) is 27.1. The van der Waals surface area contributed by atoms with Crippen molar-refractivity contribution in [1.82, 2.24) is 9.80 Å². The number of aliphatic carboxylic acids is 1. The number of hydrogen-bond acceptors (Lipinski definition) is 3. The van der Waals surface area contributed by atoms with Gasteiger partial charge in [0.05, 0.1) is 11.4 Å². The van der Waals surface area contributed by atoms with E-state index in [1.54, 1.807) is 4.90 Å². The van der Waals surface area contributed by atoms with Crippen LogP contribution in [0.5, 0.6) is 0 Å². The summed E-state index contributed by atoms with van der Waals surface area (Å²) in [4.78, 5) is 28.1. The largest absolute Gasteiger partial charge is 0.481 e. The second kappa shape index (κ2) is 6.33. The number of rotatable bonds is 3. The van der Waals surface area contributed by atoms with Gasteiger partial charge in [-0.1, -0.05) is 17.7 Å². The minimum Gasteiger partial charge on any atom is -0.481 e. The van der Waals surface area contributed by atoms with Crippen molar-refractivity contribution >= 4 is 23.5 Å². The minimum atomic E-state index is -0.886. The Hall–Kier alpha value is -1.66. The fourth-order valence-corrected chi connectivity index (χ4v) is 4.10. The highest BCUT2D eigenvalue weighted by Gasteiger charge is 2.55. The molecule has 2 aliphatic heterocycles. The van der Waals surface area contributed by atoms with E-state index in [0.717, 1.165) is 13.0 Å². The molecule has 2 fully saturated rings. The van der Waals surface area contributed by atoms with E-state index in [2.05, 4.69) is 0 Å². The lowest BCUT2D eigenvalue weighted by molar-refractivity contribution is -0.154. The molecular weight excluding hydrogens is 335 g/mol. The molecule has 0 unspecified atom stereocenters. The van der Waals surface area contributed by atoms with Crippen molar-refractivity contribution in [1.29, 1.82) is 0 Å². The summed E-state index contributed by atoms with van der Waals surface area (Å²) in [5.41, 5.74) is -0.258. The molecule has 2 atom stereocenters. The topological polar surface area (TPSA) is 60.9 Å². The zero-order valence-electron chi connectivity index (χ0n) is 13.5. The quantitative estimate of drug-likeness (QED) is 0.900. The van der Waals surface area contributed by atoms with Crippen LogP contribution in [-0.2, 0) is 16.0 Å². The number of carbonyl (C=O) groups excluding carboxylic acids is 1. The second-order valence-electron chi connectivity index (χ2n) is 6.88. The first-order valence-corrected chi connectivity index (χ1v) is 8.33. The zero-order valence-corrected chi connectivity index (χ0v) is 14.2. The Morgan fingerprint density at radius 3 is 2.83 bits per heavy atom. The van der Waals surface area contributed by atoms with Gasteiger partial charge in [-0.05, 0) is 43.6 Å². The standard InChI is InChI=1S/C17H20ClFN2O3/c1-20-5-4-12-8-21(10-17(12,9-20)16(23)24)15(22)7-11-2-3-14(19)13(18)6-11/h2-3,6,12H,4-5,7-10H2,1H3,(H,23,24)/t12-,17-/m0/s1. The molecule has 3 rings (SSSR count). The molecule has 2 heterocycles. The monoisotopic (exact) mass is 354 g/mol. The zero-order chi connectivity index (χ0) is 17.5. The predicted octanol–water partition coefficient (Wildman–Crippen LogP) is 1.89. The summed E-state index contributed by atoms with van der Waals surface area (Å²) in [5.74, 6) is -1.52. The van der Waals surface area contributed by atoms with Crippen LogP contribution in [0.15, 0.2) is 18.2 Å². The number of nitrogens with zero attached hydrogens (tertiary/aromatic N) is 2. The van der Waals surface area contributed by atoms with Gasteiger partial charge < -0.3 is 14.9 Å². The molecule has 1 aromatic rings. The molecule has 1 aromatic carbocycles. The van der Waals surface area contributed by atoms with Gasteiger partial charge in [-0.2, -0.15) is 0 Å². The van der Waals surface area contributed by atoms with E-state index in [1.807, 2.05) is 11.9 Å². The number of hydrogen-bond donors (Lipinski definition) is 1. The van der Waals surface area contributed by atoms with Crippen LogP contribution >= 0.6 is 11.6 Å². The Kier molecular flexibility index (Phi) is 4.53. The molecule has 2 aliphatic rings.